The summed E-state index contributed by atoms with van der Waals surface area (Å²) in [5.41, 5.74) is 4.34. The molecule has 1 aromatic heterocycles. The van der Waals surface area contributed by atoms with Crippen LogP contribution in [0.5, 0.6) is 0 Å². The highest BCUT2D eigenvalue weighted by molar-refractivity contribution is 5.82. The lowest BCUT2D eigenvalue weighted by atomic mass is 9.34. The predicted molar refractivity (Wildman–Crippen MR) is 177 cm³/mol. The van der Waals surface area contributed by atoms with E-state index in [1.165, 1.54) is 63.5 Å². The van der Waals surface area contributed by atoms with Crippen LogP contribution in [0.2, 0.25) is 0 Å². The fourth-order valence-corrected chi connectivity index (χ4v) is 12.2. The first-order chi connectivity index (χ1) is 21.1. The van der Waals surface area contributed by atoms with Crippen LogP contribution in [-0.4, -0.2) is 11.1 Å². The molecule has 1 heterocycles. The van der Waals surface area contributed by atoms with Crippen molar-refractivity contribution in [3.05, 3.63) is 53.6 Å². The van der Waals surface area contributed by atoms with Crippen LogP contribution in [0, 0.1) is 56.1 Å². The molecule has 8 atom stereocenters. The highest BCUT2D eigenvalue weighted by atomic mass is 19.1. The highest BCUT2D eigenvalue weighted by Gasteiger charge is 2.67. The number of allylic oxidation sites excluding steroid dienone is 2. The minimum absolute atomic E-state index is 0.120. The van der Waals surface area contributed by atoms with Gasteiger partial charge in [-0.15, -0.1) is 0 Å². The Morgan fingerprint density at radius 1 is 0.933 bits per heavy atom. The van der Waals surface area contributed by atoms with Gasteiger partial charge in [-0.05, 0) is 133 Å². The van der Waals surface area contributed by atoms with Crippen LogP contribution in [-0.2, 0) is 11.3 Å². The van der Waals surface area contributed by atoms with Crippen molar-refractivity contribution in [2.45, 2.75) is 126 Å². The molecule has 1 N–H and O–H groups in total. The van der Waals surface area contributed by atoms with Crippen LogP contribution in [0.4, 0.5) is 4.39 Å². The van der Waals surface area contributed by atoms with Crippen LogP contribution < -0.4 is 5.32 Å². The first-order valence-corrected chi connectivity index (χ1v) is 17.8. The normalized spacial score (nSPS) is 42.0. The Morgan fingerprint density at radius 3 is 2.42 bits per heavy atom. The summed E-state index contributed by atoms with van der Waals surface area (Å²) in [6.45, 7) is 18.1. The number of hydrogen-bond donors (Lipinski definition) is 1. The zero-order valence-electron chi connectivity index (χ0n) is 28.8. The summed E-state index contributed by atoms with van der Waals surface area (Å²) in [5, 5.41) is 7.38. The van der Waals surface area contributed by atoms with E-state index in [0.29, 0.717) is 40.2 Å². The van der Waals surface area contributed by atoms with Gasteiger partial charge in [0.15, 0.2) is 5.76 Å². The summed E-state index contributed by atoms with van der Waals surface area (Å²) in [4.78, 5) is 13.9. The molecule has 45 heavy (non-hydrogen) atoms. The van der Waals surface area contributed by atoms with Crippen LogP contribution in [0.1, 0.15) is 125 Å². The molecule has 4 nitrogen and oxygen atoms in total. The third-order valence-corrected chi connectivity index (χ3v) is 15.3. The van der Waals surface area contributed by atoms with E-state index in [9.17, 15) is 9.18 Å². The Kier molecular flexibility index (Phi) is 7.13. The minimum Gasteiger partial charge on any atom is -0.359 e. The Labute approximate surface area is 270 Å². The molecular weight excluding hydrogens is 559 g/mol. The van der Waals surface area contributed by atoms with Crippen molar-refractivity contribution in [2.24, 2.45) is 50.2 Å². The summed E-state index contributed by atoms with van der Waals surface area (Å²) in [7, 11) is 0. The van der Waals surface area contributed by atoms with E-state index in [1.807, 2.05) is 6.07 Å². The van der Waals surface area contributed by atoms with Crippen molar-refractivity contribution in [3.63, 3.8) is 0 Å². The summed E-state index contributed by atoms with van der Waals surface area (Å²) < 4.78 is 18.9. The third-order valence-electron chi connectivity index (χ3n) is 15.3. The molecule has 244 valence electrons. The van der Waals surface area contributed by atoms with Gasteiger partial charge in [0, 0.05) is 17.0 Å². The van der Waals surface area contributed by atoms with Gasteiger partial charge in [0.1, 0.15) is 11.5 Å². The molecule has 2 unspecified atom stereocenters. The number of carbonyl (C=O) groups excluding carboxylic acids is 1. The SMILES string of the molecule is CC1(C)CCC[C@@]2(C)C1CC[C@]1(C)C2CC=C2[C@@H]3C[C@@](C)(C(=O)NCc4cc(-c5ccc(F)cc5)no4)CC[C@]3(C)CC[C@@]21C. The van der Waals surface area contributed by atoms with Crippen molar-refractivity contribution < 1.29 is 13.7 Å². The van der Waals surface area contributed by atoms with Gasteiger partial charge in [-0.1, -0.05) is 71.7 Å². The molecule has 0 aliphatic heterocycles. The highest BCUT2D eigenvalue weighted by Crippen LogP contribution is 2.75. The second-order valence-electron chi connectivity index (χ2n) is 18.0. The molecule has 0 saturated heterocycles. The smallest absolute Gasteiger partial charge is 0.226 e. The molecule has 4 fully saturated rings. The van der Waals surface area contributed by atoms with Gasteiger partial charge in [0.25, 0.3) is 0 Å². The number of hydrogen-bond acceptors (Lipinski definition) is 3. The van der Waals surface area contributed by atoms with Crippen molar-refractivity contribution in [3.8, 4) is 11.3 Å². The minimum atomic E-state index is -0.419. The molecule has 0 spiro atoms. The molecule has 5 aliphatic rings. The molecule has 4 saturated carbocycles. The van der Waals surface area contributed by atoms with Crippen molar-refractivity contribution >= 4 is 5.91 Å². The molecule has 1 amide bonds. The van der Waals surface area contributed by atoms with Crippen LogP contribution in [0.3, 0.4) is 0 Å². The van der Waals surface area contributed by atoms with E-state index in [-0.39, 0.29) is 22.6 Å². The lowest BCUT2D eigenvalue weighted by Crippen LogP contribution is -2.63. The van der Waals surface area contributed by atoms with E-state index in [2.05, 4.69) is 65.0 Å². The van der Waals surface area contributed by atoms with Gasteiger partial charge in [0.2, 0.25) is 5.91 Å². The topological polar surface area (TPSA) is 55.1 Å². The summed E-state index contributed by atoms with van der Waals surface area (Å²) >= 11 is 0. The second kappa shape index (κ2) is 10.3. The van der Waals surface area contributed by atoms with Crippen LogP contribution >= 0.6 is 0 Å². The fraction of sp³-hybridized carbons (Fsp3) is 0.700. The van der Waals surface area contributed by atoms with Crippen molar-refractivity contribution in [1.29, 1.82) is 0 Å². The molecule has 5 heteroatoms. The number of amides is 1. The lowest BCUT2D eigenvalue weighted by molar-refractivity contribution is -0.180. The Bertz CT molecular complexity index is 1510. The summed E-state index contributed by atoms with van der Waals surface area (Å²) in [5.74, 6) is 2.46. The number of carbonyl (C=O) groups is 1. The number of nitrogens with zero attached hydrogens (tertiary/aromatic N) is 1. The lowest BCUT2D eigenvalue weighted by Gasteiger charge is -2.71. The Morgan fingerprint density at radius 2 is 1.67 bits per heavy atom. The molecule has 1 aromatic carbocycles. The standard InChI is InChI=1S/C40H55FN2O2/c1-35(2)16-8-17-38(5)32(35)15-18-40(7)33(38)14-13-29-30-24-37(4,20-19-36(30,3)21-22-39(29,40)6)34(44)42-25-28-23-31(43-45-28)26-9-11-27(41)12-10-26/h9-13,23,30,32-33H,8,14-22,24-25H2,1-7H3,(H,42,44)/t30-,32?,33?,36+,37-,38-,39-,40+/m0/s1. The number of benzene rings is 1. The van der Waals surface area contributed by atoms with E-state index >= 15 is 0 Å². The van der Waals surface area contributed by atoms with Crippen LogP contribution in [0.15, 0.2) is 46.5 Å². The van der Waals surface area contributed by atoms with Crippen molar-refractivity contribution in [1.82, 2.24) is 10.5 Å². The quantitative estimate of drug-likeness (QED) is 0.349. The number of rotatable bonds is 4. The van der Waals surface area contributed by atoms with Gasteiger partial charge >= 0.3 is 0 Å². The van der Waals surface area contributed by atoms with Gasteiger partial charge < -0.3 is 9.84 Å². The summed E-state index contributed by atoms with van der Waals surface area (Å²) in [6, 6.07) is 8.07. The molecule has 5 aliphatic carbocycles. The Hall–Kier alpha value is -2.43. The fourth-order valence-electron chi connectivity index (χ4n) is 12.2. The van der Waals surface area contributed by atoms with Crippen molar-refractivity contribution in [2.75, 3.05) is 0 Å². The first kappa shape index (κ1) is 31.2. The first-order valence-electron chi connectivity index (χ1n) is 17.8. The van der Waals surface area contributed by atoms with E-state index in [4.69, 9.17) is 4.52 Å². The van der Waals surface area contributed by atoms with E-state index in [0.717, 1.165) is 36.7 Å². The number of nitrogens with one attached hydrogen (secondary N) is 1. The average Bonchev–Trinajstić information content (AvgIpc) is 3.46. The monoisotopic (exact) mass is 614 g/mol. The van der Waals surface area contributed by atoms with Crippen LogP contribution in [0.25, 0.3) is 11.3 Å². The Balaban J connectivity index is 1.11. The zero-order chi connectivity index (χ0) is 32.0. The predicted octanol–water partition coefficient (Wildman–Crippen LogP) is 10.3. The summed E-state index contributed by atoms with van der Waals surface area (Å²) in [6.07, 6.45) is 16.3. The van der Waals surface area contributed by atoms with Gasteiger partial charge in [-0.3, -0.25) is 4.79 Å². The average molecular weight is 615 g/mol. The molecular formula is C40H55FN2O2. The second-order valence-corrected chi connectivity index (χ2v) is 18.0. The zero-order valence-corrected chi connectivity index (χ0v) is 28.8. The number of fused-ring (bicyclic) bond motifs is 7. The number of aromatic nitrogens is 1. The van der Waals surface area contributed by atoms with Gasteiger partial charge in [-0.2, -0.15) is 0 Å². The van der Waals surface area contributed by atoms with Gasteiger partial charge in [-0.25, -0.2) is 4.39 Å². The van der Waals surface area contributed by atoms with E-state index < -0.39 is 5.41 Å². The molecule has 0 bridgehead atoms. The maximum atomic E-state index is 13.9. The largest absolute Gasteiger partial charge is 0.359 e. The molecule has 2 aromatic rings. The molecule has 7 rings (SSSR count). The maximum absolute atomic E-state index is 13.9. The maximum Gasteiger partial charge on any atom is 0.226 e. The van der Waals surface area contributed by atoms with E-state index in [1.54, 1.807) is 17.7 Å². The van der Waals surface area contributed by atoms with Gasteiger partial charge in [0.05, 0.1) is 6.54 Å². The molecule has 0 radical (unpaired) electrons. The number of halogens is 1. The third kappa shape index (κ3) is 4.63.